The average Bonchev–Trinajstić information content (AvgIpc) is 3.46. The monoisotopic (exact) mass is 409 g/mol. The number of carbonyl (C=O) groups is 1. The van der Waals surface area contributed by atoms with Crippen molar-refractivity contribution in [3.05, 3.63) is 77.7 Å². The minimum atomic E-state index is -0.319. The molecule has 8 nitrogen and oxygen atoms in total. The van der Waals surface area contributed by atoms with Crippen LogP contribution in [0.15, 0.2) is 62.9 Å². The van der Waals surface area contributed by atoms with Crippen molar-refractivity contribution in [1.82, 2.24) is 25.1 Å². The molecule has 3 heterocycles. The highest BCUT2D eigenvalue weighted by atomic mass is 32.2. The van der Waals surface area contributed by atoms with Gasteiger partial charge < -0.3 is 14.2 Å². The van der Waals surface area contributed by atoms with Gasteiger partial charge in [0.15, 0.2) is 10.9 Å². The van der Waals surface area contributed by atoms with Crippen molar-refractivity contribution in [3.8, 4) is 5.69 Å². The highest BCUT2D eigenvalue weighted by Crippen LogP contribution is 2.25. The zero-order chi connectivity index (χ0) is 20.2. The molecule has 3 aromatic heterocycles. The van der Waals surface area contributed by atoms with Gasteiger partial charge in [0.1, 0.15) is 17.8 Å². The fourth-order valence-electron chi connectivity index (χ4n) is 2.78. The largest absolute Gasteiger partial charge is 0.467 e. The van der Waals surface area contributed by atoms with E-state index in [4.69, 9.17) is 8.83 Å². The van der Waals surface area contributed by atoms with E-state index in [0.717, 1.165) is 22.2 Å². The lowest BCUT2D eigenvalue weighted by atomic mass is 10.2. The molecule has 0 unspecified atom stereocenters. The Labute approximate surface area is 171 Å². The summed E-state index contributed by atoms with van der Waals surface area (Å²) in [7, 11) is 0. The number of amides is 1. The predicted molar refractivity (Wildman–Crippen MR) is 107 cm³/mol. The molecule has 29 heavy (non-hydrogen) atoms. The molecule has 0 aliphatic carbocycles. The Kier molecular flexibility index (Phi) is 5.48. The van der Waals surface area contributed by atoms with Crippen molar-refractivity contribution >= 4 is 17.7 Å². The zero-order valence-electron chi connectivity index (χ0n) is 16.0. The summed E-state index contributed by atoms with van der Waals surface area (Å²) >= 11 is 1.44. The quantitative estimate of drug-likeness (QED) is 0.465. The number of furan rings is 1. The van der Waals surface area contributed by atoms with Gasteiger partial charge in [-0.25, -0.2) is 4.98 Å². The lowest BCUT2D eigenvalue weighted by Gasteiger charge is -2.08. The predicted octanol–water partition coefficient (Wildman–Crippen LogP) is 3.69. The van der Waals surface area contributed by atoms with E-state index in [0.29, 0.717) is 23.9 Å². The van der Waals surface area contributed by atoms with Crippen LogP contribution in [0.4, 0.5) is 0 Å². The van der Waals surface area contributed by atoms with Gasteiger partial charge in [0.2, 0.25) is 5.89 Å². The van der Waals surface area contributed by atoms with Gasteiger partial charge in [-0.15, -0.1) is 10.2 Å². The van der Waals surface area contributed by atoms with Crippen molar-refractivity contribution in [3.63, 3.8) is 0 Å². The zero-order valence-corrected chi connectivity index (χ0v) is 16.8. The summed E-state index contributed by atoms with van der Waals surface area (Å²) in [6.45, 7) is 4.24. The summed E-state index contributed by atoms with van der Waals surface area (Å²) in [5, 5.41) is 11.9. The van der Waals surface area contributed by atoms with E-state index in [2.05, 4.69) is 26.6 Å². The average molecular weight is 409 g/mol. The second kappa shape index (κ2) is 8.36. The van der Waals surface area contributed by atoms with Crippen molar-refractivity contribution in [2.45, 2.75) is 31.3 Å². The maximum Gasteiger partial charge on any atom is 0.273 e. The maximum absolute atomic E-state index is 12.2. The first-order valence-electron chi connectivity index (χ1n) is 8.97. The summed E-state index contributed by atoms with van der Waals surface area (Å²) in [5.41, 5.74) is 2.38. The molecule has 0 saturated heterocycles. The number of hydrogen-bond donors (Lipinski definition) is 1. The van der Waals surface area contributed by atoms with Gasteiger partial charge in [-0.05, 0) is 43.7 Å². The van der Waals surface area contributed by atoms with Crippen molar-refractivity contribution in [1.29, 1.82) is 0 Å². The number of rotatable bonds is 7. The first-order valence-corrected chi connectivity index (χ1v) is 9.95. The minimum Gasteiger partial charge on any atom is -0.467 e. The van der Waals surface area contributed by atoms with Crippen LogP contribution < -0.4 is 5.32 Å². The molecule has 1 N–H and O–H groups in total. The van der Waals surface area contributed by atoms with E-state index >= 15 is 0 Å². The first kappa shape index (κ1) is 19.0. The number of hydrogen-bond acceptors (Lipinski definition) is 7. The third-order valence-corrected chi connectivity index (χ3v) is 5.08. The molecule has 4 aromatic rings. The van der Waals surface area contributed by atoms with Crippen molar-refractivity contribution in [2.24, 2.45) is 0 Å². The molecule has 9 heteroatoms. The molecule has 0 fully saturated rings. The minimum absolute atomic E-state index is 0.225. The van der Waals surface area contributed by atoms with Gasteiger partial charge in [-0.2, -0.15) is 0 Å². The molecule has 0 atom stereocenters. The van der Waals surface area contributed by atoms with Crippen LogP contribution in [0.25, 0.3) is 5.69 Å². The van der Waals surface area contributed by atoms with E-state index in [9.17, 15) is 4.79 Å². The Morgan fingerprint density at radius 3 is 2.86 bits per heavy atom. The smallest absolute Gasteiger partial charge is 0.273 e. The molecule has 0 bridgehead atoms. The highest BCUT2D eigenvalue weighted by Gasteiger charge is 2.16. The van der Waals surface area contributed by atoms with Crippen LogP contribution in [-0.4, -0.2) is 25.7 Å². The Morgan fingerprint density at radius 2 is 2.07 bits per heavy atom. The standard InChI is InChI=1S/C20H19N5O3S/c1-13-5-3-6-15(9-13)25-14(2)23-24-20(25)29-12-18-22-17(11-28-18)19(26)21-10-16-7-4-8-27-16/h3-9,11H,10,12H2,1-2H3,(H,21,26). The van der Waals surface area contributed by atoms with E-state index in [-0.39, 0.29) is 11.6 Å². The Morgan fingerprint density at radius 1 is 1.17 bits per heavy atom. The topological polar surface area (TPSA) is 99.0 Å². The third kappa shape index (κ3) is 4.40. The number of nitrogens with one attached hydrogen (secondary N) is 1. The van der Waals surface area contributed by atoms with Gasteiger partial charge in [-0.3, -0.25) is 9.36 Å². The van der Waals surface area contributed by atoms with Gasteiger partial charge >= 0.3 is 0 Å². The maximum atomic E-state index is 12.2. The van der Waals surface area contributed by atoms with Gasteiger partial charge in [0.05, 0.1) is 18.6 Å². The number of benzene rings is 1. The summed E-state index contributed by atoms with van der Waals surface area (Å²) < 4.78 is 12.6. The number of nitrogens with zero attached hydrogens (tertiary/aromatic N) is 4. The lowest BCUT2D eigenvalue weighted by Crippen LogP contribution is -2.22. The molecule has 0 saturated carbocycles. The number of aromatic nitrogens is 4. The molecule has 0 spiro atoms. The molecule has 1 amide bonds. The molecule has 0 aliphatic heterocycles. The molecule has 1 aromatic carbocycles. The van der Waals surface area contributed by atoms with E-state index in [1.165, 1.54) is 18.0 Å². The van der Waals surface area contributed by atoms with Crippen LogP contribution >= 0.6 is 11.8 Å². The number of oxazole rings is 1. The van der Waals surface area contributed by atoms with E-state index in [1.54, 1.807) is 18.4 Å². The molecule has 4 rings (SSSR count). The van der Waals surface area contributed by atoms with Gasteiger partial charge in [0, 0.05) is 5.69 Å². The normalized spacial score (nSPS) is 11.0. The SMILES string of the molecule is Cc1cccc(-n2c(C)nnc2SCc2nc(C(=O)NCc3ccco3)co2)c1. The number of aryl methyl sites for hydroxylation is 2. The summed E-state index contributed by atoms with van der Waals surface area (Å²) in [5.74, 6) is 2.01. The summed E-state index contributed by atoms with van der Waals surface area (Å²) in [6, 6.07) is 11.7. The van der Waals surface area contributed by atoms with Crippen LogP contribution in [0, 0.1) is 13.8 Å². The molecule has 0 aliphatic rings. The van der Waals surface area contributed by atoms with E-state index in [1.807, 2.05) is 36.6 Å². The summed E-state index contributed by atoms with van der Waals surface area (Å²) in [4.78, 5) is 16.5. The number of thioether (sulfide) groups is 1. The van der Waals surface area contributed by atoms with Crippen LogP contribution in [0.3, 0.4) is 0 Å². The second-order valence-corrected chi connectivity index (χ2v) is 7.32. The van der Waals surface area contributed by atoms with Crippen LogP contribution in [0.5, 0.6) is 0 Å². The Hall–Kier alpha value is -3.33. The fraction of sp³-hybridized carbons (Fsp3) is 0.200. The van der Waals surface area contributed by atoms with Crippen LogP contribution in [0.1, 0.15) is 33.5 Å². The third-order valence-electron chi connectivity index (χ3n) is 4.17. The van der Waals surface area contributed by atoms with Crippen LogP contribution in [0.2, 0.25) is 0 Å². The van der Waals surface area contributed by atoms with E-state index < -0.39 is 0 Å². The van der Waals surface area contributed by atoms with Crippen molar-refractivity contribution < 1.29 is 13.6 Å². The second-order valence-electron chi connectivity index (χ2n) is 6.38. The molecular weight excluding hydrogens is 390 g/mol. The van der Waals surface area contributed by atoms with Gasteiger partial charge in [-0.1, -0.05) is 23.9 Å². The summed E-state index contributed by atoms with van der Waals surface area (Å²) in [6.07, 6.45) is 2.91. The first-order chi connectivity index (χ1) is 14.1. The number of carbonyl (C=O) groups excluding carboxylic acids is 1. The highest BCUT2D eigenvalue weighted by molar-refractivity contribution is 7.98. The Bertz CT molecular complexity index is 1120. The van der Waals surface area contributed by atoms with Gasteiger partial charge in [0.25, 0.3) is 5.91 Å². The lowest BCUT2D eigenvalue weighted by molar-refractivity contribution is 0.0943. The molecule has 148 valence electrons. The molecular formula is C20H19N5O3S. The Balaban J connectivity index is 1.41. The van der Waals surface area contributed by atoms with Crippen LogP contribution in [-0.2, 0) is 12.3 Å². The fourth-order valence-corrected chi connectivity index (χ4v) is 3.63. The molecule has 0 radical (unpaired) electrons. The van der Waals surface area contributed by atoms with Crippen molar-refractivity contribution in [2.75, 3.05) is 0 Å².